The molecule has 15 heteroatoms. The van der Waals surface area contributed by atoms with E-state index in [1.165, 1.54) is 22.5 Å². The molecule has 0 aromatic heterocycles. The van der Waals surface area contributed by atoms with Crippen LogP contribution in [-0.2, 0) is 35.4 Å². The largest absolute Gasteiger partial charge is 0.454 e. The number of amides is 2. The lowest BCUT2D eigenvalue weighted by Crippen LogP contribution is -2.52. The number of sulfonamides is 1. The van der Waals surface area contributed by atoms with Crippen LogP contribution in [0.3, 0.4) is 0 Å². The molecule has 0 unspecified atom stereocenters. The van der Waals surface area contributed by atoms with Crippen LogP contribution in [0, 0.1) is 11.3 Å². The molecule has 5 atom stereocenters. The van der Waals surface area contributed by atoms with Crippen LogP contribution in [0.1, 0.15) is 38.7 Å². The van der Waals surface area contributed by atoms with Gasteiger partial charge < -0.3 is 45.2 Å². The first-order chi connectivity index (χ1) is 22.9. The van der Waals surface area contributed by atoms with Gasteiger partial charge >= 0.3 is 6.09 Å². The minimum atomic E-state index is -4.19. The molecule has 2 fully saturated rings. The zero-order valence-corrected chi connectivity index (χ0v) is 28.2. The van der Waals surface area contributed by atoms with Gasteiger partial charge in [-0.2, -0.15) is 4.31 Å². The molecule has 0 spiro atoms. The lowest BCUT2D eigenvalue weighted by molar-refractivity contribution is -0.119. The normalized spacial score (nSPS) is 21.5. The van der Waals surface area contributed by atoms with Crippen LogP contribution in [0.25, 0.3) is 0 Å². The van der Waals surface area contributed by atoms with Gasteiger partial charge in [-0.05, 0) is 48.8 Å². The number of hydrogen-bond donors (Lipinski definition) is 4. The zero-order chi connectivity index (χ0) is 34.3. The molecule has 3 aliphatic heterocycles. The highest BCUT2D eigenvalue weighted by atomic mass is 32.2. The molecule has 2 amide bonds. The van der Waals surface area contributed by atoms with Gasteiger partial charge in [0.25, 0.3) is 0 Å². The molecule has 0 radical (unpaired) electrons. The van der Waals surface area contributed by atoms with E-state index in [-0.39, 0.29) is 56.2 Å². The van der Waals surface area contributed by atoms with E-state index >= 15 is 0 Å². The Morgan fingerprint density at radius 2 is 1.90 bits per heavy atom. The molecule has 14 nitrogen and oxygen atoms in total. The Balaban J connectivity index is 1.35. The van der Waals surface area contributed by atoms with Crippen LogP contribution < -0.4 is 25.8 Å². The Kier molecular flexibility index (Phi) is 11.8. The third-order valence-electron chi connectivity index (χ3n) is 8.82. The maximum absolute atomic E-state index is 14.3. The highest BCUT2D eigenvalue weighted by molar-refractivity contribution is 7.89. The number of nitrogens with two attached hydrogens (primary N) is 1. The van der Waals surface area contributed by atoms with Crippen LogP contribution in [0.2, 0.25) is 0 Å². The molecule has 2 aromatic carbocycles. The van der Waals surface area contributed by atoms with Crippen LogP contribution >= 0.6 is 0 Å². The summed E-state index contributed by atoms with van der Waals surface area (Å²) >= 11 is 0. The predicted octanol–water partition coefficient (Wildman–Crippen LogP) is 1.75. The summed E-state index contributed by atoms with van der Waals surface area (Å²) < 4.78 is 57.4. The average Bonchev–Trinajstić information content (AvgIpc) is 3.81. The number of aliphatic hydroxyl groups is 1. The second-order valence-electron chi connectivity index (χ2n) is 13.1. The minimum Gasteiger partial charge on any atom is -0.454 e. The zero-order valence-electron chi connectivity index (χ0n) is 27.3. The average molecular weight is 691 g/mol. The highest BCUT2D eigenvalue weighted by Crippen LogP contribution is 2.36. The molecule has 5 N–H and O–H groups in total. The number of benzene rings is 2. The minimum absolute atomic E-state index is 0.0146. The summed E-state index contributed by atoms with van der Waals surface area (Å²) in [7, 11) is -4.19. The van der Waals surface area contributed by atoms with E-state index in [9.17, 15) is 23.1 Å². The molecule has 48 heavy (non-hydrogen) atoms. The van der Waals surface area contributed by atoms with Crippen molar-refractivity contribution in [3.05, 3.63) is 54.1 Å². The van der Waals surface area contributed by atoms with Gasteiger partial charge in [0, 0.05) is 25.7 Å². The second kappa shape index (κ2) is 15.8. The van der Waals surface area contributed by atoms with Crippen LogP contribution in [0.15, 0.2) is 53.4 Å². The van der Waals surface area contributed by atoms with Crippen molar-refractivity contribution in [3.8, 4) is 11.5 Å². The van der Waals surface area contributed by atoms with Gasteiger partial charge in [-0.3, -0.25) is 4.79 Å². The summed E-state index contributed by atoms with van der Waals surface area (Å²) in [6.07, 6.45) is -0.884. The van der Waals surface area contributed by atoms with E-state index < -0.39 is 46.1 Å². The van der Waals surface area contributed by atoms with Gasteiger partial charge in [-0.25, -0.2) is 13.2 Å². The number of ether oxygens (including phenoxy) is 5. The van der Waals surface area contributed by atoms with Crippen LogP contribution in [-0.4, -0.2) is 101 Å². The van der Waals surface area contributed by atoms with Gasteiger partial charge in [-0.1, -0.05) is 44.2 Å². The Morgan fingerprint density at radius 3 is 2.67 bits per heavy atom. The summed E-state index contributed by atoms with van der Waals surface area (Å²) in [4.78, 5) is 24.8. The second-order valence-corrected chi connectivity index (χ2v) is 15.0. The number of rotatable bonds is 16. The monoisotopic (exact) mass is 690 g/mol. The summed E-state index contributed by atoms with van der Waals surface area (Å²) in [5.74, 6) is 0.412. The van der Waals surface area contributed by atoms with Gasteiger partial charge in [0.15, 0.2) is 17.8 Å². The first-order valence-electron chi connectivity index (χ1n) is 16.2. The number of nitrogens with zero attached hydrogens (tertiary/aromatic N) is 1. The summed E-state index contributed by atoms with van der Waals surface area (Å²) in [5, 5.41) is 17.3. The molecule has 2 saturated heterocycles. The van der Waals surface area contributed by atoms with Gasteiger partial charge in [-0.15, -0.1) is 0 Å². The van der Waals surface area contributed by atoms with Crippen molar-refractivity contribution in [2.75, 3.05) is 46.2 Å². The quantitative estimate of drug-likeness (QED) is 0.188. The fraction of sp³-hybridized carbons (Fsp3) is 0.576. The molecule has 5 rings (SSSR count). The van der Waals surface area contributed by atoms with Crippen molar-refractivity contribution in [2.45, 2.75) is 69.0 Å². The number of hydrogen-bond acceptors (Lipinski definition) is 11. The van der Waals surface area contributed by atoms with E-state index in [1.807, 2.05) is 44.2 Å². The van der Waals surface area contributed by atoms with Crippen molar-refractivity contribution >= 4 is 22.0 Å². The topological polar surface area (TPSA) is 188 Å². The van der Waals surface area contributed by atoms with Crippen molar-refractivity contribution in [1.82, 2.24) is 14.9 Å². The molecule has 2 aromatic rings. The maximum Gasteiger partial charge on any atom is 0.407 e. The number of fused-ring (bicyclic) bond motifs is 2. The van der Waals surface area contributed by atoms with Gasteiger partial charge in [0.05, 0.1) is 42.7 Å². The summed E-state index contributed by atoms with van der Waals surface area (Å²) in [6, 6.07) is 12.8. The number of aliphatic hydroxyl groups excluding tert-OH is 1. The number of carbonyl (C=O) groups is 2. The third-order valence-corrected chi connectivity index (χ3v) is 10.6. The van der Waals surface area contributed by atoms with E-state index in [1.54, 1.807) is 0 Å². The lowest BCUT2D eigenvalue weighted by atomic mass is 9.87. The first kappa shape index (κ1) is 35.8. The Hall–Kier alpha value is -3.47. The molecule has 3 heterocycles. The van der Waals surface area contributed by atoms with E-state index in [2.05, 4.69) is 10.6 Å². The molecular formula is C33H46N4O10S. The molecule has 0 saturated carbocycles. The highest BCUT2D eigenvalue weighted by Gasteiger charge is 2.44. The first-order valence-corrected chi connectivity index (χ1v) is 17.7. The molecule has 264 valence electrons. The summed E-state index contributed by atoms with van der Waals surface area (Å²) in [6.45, 7) is 4.56. The Labute approximate surface area is 281 Å². The lowest BCUT2D eigenvalue weighted by Gasteiger charge is -2.35. The molecule has 0 aliphatic carbocycles. The summed E-state index contributed by atoms with van der Waals surface area (Å²) in [5.41, 5.74) is 5.65. The van der Waals surface area contributed by atoms with Crippen LogP contribution in [0.5, 0.6) is 11.5 Å². The van der Waals surface area contributed by atoms with E-state index in [0.29, 0.717) is 43.9 Å². The Bertz CT molecular complexity index is 1510. The van der Waals surface area contributed by atoms with Gasteiger partial charge in [0.2, 0.25) is 22.7 Å². The van der Waals surface area contributed by atoms with E-state index in [0.717, 1.165) is 5.56 Å². The predicted molar refractivity (Wildman–Crippen MR) is 174 cm³/mol. The number of alkyl carbamates (subject to hydrolysis) is 1. The van der Waals surface area contributed by atoms with Crippen LogP contribution in [0.4, 0.5) is 4.79 Å². The van der Waals surface area contributed by atoms with Crippen molar-refractivity contribution in [2.24, 2.45) is 17.1 Å². The SMILES string of the molecule is CC(C)(CCCNC(=O)CN)CN(C[C@H](O)[C@H](Cc1ccccc1)NC(=O)O[C@H]1CO[C@H]2OCC[C@H]21)S(=O)(=O)c1ccc2c(c1)OCO2. The van der Waals surface area contributed by atoms with Gasteiger partial charge in [0.1, 0.15) is 6.10 Å². The van der Waals surface area contributed by atoms with Crippen molar-refractivity contribution < 1.29 is 46.8 Å². The third kappa shape index (κ3) is 9.15. The number of carbonyl (C=O) groups excluding carboxylic acids is 2. The fourth-order valence-electron chi connectivity index (χ4n) is 6.21. The Morgan fingerprint density at radius 1 is 1.12 bits per heavy atom. The maximum atomic E-state index is 14.3. The fourth-order valence-corrected chi connectivity index (χ4v) is 7.88. The smallest absolute Gasteiger partial charge is 0.407 e. The van der Waals surface area contributed by atoms with Crippen molar-refractivity contribution in [1.29, 1.82) is 0 Å². The molecule has 0 bridgehead atoms. The molecule has 3 aliphatic rings. The standard InChI is InChI=1S/C33H46N4O10S/c1-33(2,12-6-13-35-30(39)17-34)20-37(48(41,42)23-9-10-27-28(16-23)46-21-45-27)18-26(38)25(15-22-7-4-3-5-8-22)36-32(40)47-29-19-44-31-24(29)11-14-43-31/h3-5,7-10,16,24-26,29,31,38H,6,11-15,17-21,34H2,1-2H3,(H,35,39)(H,36,40)/t24-,25-,26-,29-,31+/m0/s1. The number of nitrogens with one attached hydrogen (secondary N) is 2. The van der Waals surface area contributed by atoms with E-state index in [4.69, 9.17) is 29.4 Å². The van der Waals surface area contributed by atoms with Crippen molar-refractivity contribution in [3.63, 3.8) is 0 Å². The molecular weight excluding hydrogens is 644 g/mol.